The van der Waals surface area contributed by atoms with Gasteiger partial charge in [-0.3, -0.25) is 0 Å². The third kappa shape index (κ3) is 7.27. The van der Waals surface area contributed by atoms with Crippen LogP contribution in [0.1, 0.15) is 21.5 Å². The summed E-state index contributed by atoms with van der Waals surface area (Å²) >= 11 is 0. The molecule has 0 amide bonds. The number of hydrogen-bond donors (Lipinski definition) is 1. The van der Waals surface area contributed by atoms with Gasteiger partial charge in [-0.15, -0.1) is 54.1 Å². The number of carbonyl (C=O) groups is 1. The van der Waals surface area contributed by atoms with Gasteiger partial charge >= 0.3 is 12.4 Å². The van der Waals surface area contributed by atoms with Crippen LogP contribution in [0.3, 0.4) is 0 Å². The Bertz CT molecular complexity index is 928. The second-order valence-corrected chi connectivity index (χ2v) is 5.49. The Morgan fingerprint density at radius 2 is 1.60 bits per heavy atom. The zero-order valence-corrected chi connectivity index (χ0v) is 17.1. The molecule has 0 unspecified atom stereocenters. The van der Waals surface area contributed by atoms with E-state index in [0.29, 0.717) is 6.07 Å². The van der Waals surface area contributed by atoms with Gasteiger partial charge in [-0.2, -0.15) is 26.3 Å². The van der Waals surface area contributed by atoms with Crippen molar-refractivity contribution < 1.29 is 56.3 Å². The van der Waals surface area contributed by atoms with Gasteiger partial charge in [0, 0.05) is 26.3 Å². The van der Waals surface area contributed by atoms with E-state index in [9.17, 15) is 31.1 Å². The molecule has 10 heteroatoms. The van der Waals surface area contributed by atoms with Crippen molar-refractivity contribution in [3.8, 4) is 11.3 Å². The number of benzene rings is 2. The molecule has 1 aromatic heterocycles. The Balaban J connectivity index is 0.000000379. The minimum Gasteiger partial charge on any atom is -0.521 e. The molecule has 0 aliphatic carbocycles. The van der Waals surface area contributed by atoms with Crippen molar-refractivity contribution in [1.29, 1.82) is 0 Å². The van der Waals surface area contributed by atoms with Gasteiger partial charge in [0.05, 0.1) is 0 Å². The number of aromatic carboxylic acids is 1. The molecule has 0 aliphatic rings. The van der Waals surface area contributed by atoms with Crippen LogP contribution in [0.4, 0.5) is 26.3 Å². The molecule has 3 rings (SSSR count). The van der Waals surface area contributed by atoms with Crippen LogP contribution in [0.15, 0.2) is 60.8 Å². The molecule has 0 spiro atoms. The fourth-order valence-electron chi connectivity index (χ4n) is 2.07. The van der Waals surface area contributed by atoms with E-state index >= 15 is 0 Å². The average Bonchev–Trinajstić information content (AvgIpc) is 2.68. The Hall–Kier alpha value is -2.71. The first-order valence-corrected chi connectivity index (χ1v) is 7.81. The number of halogens is 6. The Kier molecular flexibility index (Phi) is 8.74. The van der Waals surface area contributed by atoms with E-state index < -0.39 is 29.4 Å². The van der Waals surface area contributed by atoms with Crippen LogP contribution in [0.25, 0.3) is 11.3 Å². The summed E-state index contributed by atoms with van der Waals surface area (Å²) in [4.78, 5) is 13.9. The quantitative estimate of drug-likeness (QED) is 0.299. The Labute approximate surface area is 180 Å². The molecule has 30 heavy (non-hydrogen) atoms. The van der Waals surface area contributed by atoms with Gasteiger partial charge in [-0.25, -0.2) is 0 Å². The van der Waals surface area contributed by atoms with Crippen molar-refractivity contribution in [3.63, 3.8) is 0 Å². The average molecular weight is 604 g/mol. The van der Waals surface area contributed by atoms with E-state index in [2.05, 4.69) is 11.1 Å². The first-order chi connectivity index (χ1) is 13.5. The van der Waals surface area contributed by atoms with Gasteiger partial charge in [0.15, 0.2) is 0 Å². The SMILES string of the molecule is FC(F)(F)c1[c-]c(-c2ccccn2)cc(C(F)(F)F)c1.O=C(O)c1[c-]cccc1.[Ir]. The topological polar surface area (TPSA) is 50.2 Å². The van der Waals surface area contributed by atoms with Crippen LogP contribution in [0, 0.1) is 12.1 Å². The standard InChI is InChI=1S/C13H6F6N.C7H5O2.Ir/c14-12(15,16)9-5-8(11-3-1-2-4-20-11)6-10(7-9)13(17,18)19;8-7(9)6-4-2-1-3-5-6;/h1-5,7H;1-4H,(H,8,9);/q2*-1;. The van der Waals surface area contributed by atoms with Gasteiger partial charge in [0.1, 0.15) is 0 Å². The zero-order valence-electron chi connectivity index (χ0n) is 14.7. The van der Waals surface area contributed by atoms with Crippen LogP contribution in [0.5, 0.6) is 0 Å². The molecular weight excluding hydrogens is 592 g/mol. The number of hydrogen-bond acceptors (Lipinski definition) is 2. The van der Waals surface area contributed by atoms with Crippen molar-refractivity contribution in [2.75, 3.05) is 0 Å². The summed E-state index contributed by atoms with van der Waals surface area (Å²) in [5.74, 6) is -0.935. The van der Waals surface area contributed by atoms with E-state index in [1.165, 1.54) is 30.5 Å². The van der Waals surface area contributed by atoms with E-state index in [-0.39, 0.29) is 43.0 Å². The van der Waals surface area contributed by atoms with Crippen molar-refractivity contribution in [3.05, 3.63) is 89.6 Å². The minimum atomic E-state index is -4.91. The summed E-state index contributed by atoms with van der Waals surface area (Å²) < 4.78 is 75.8. The number of pyridine rings is 1. The maximum absolute atomic E-state index is 12.7. The van der Waals surface area contributed by atoms with E-state index in [1.807, 2.05) is 6.07 Å². The number of aromatic nitrogens is 1. The van der Waals surface area contributed by atoms with Crippen molar-refractivity contribution in [1.82, 2.24) is 4.98 Å². The van der Waals surface area contributed by atoms with Gasteiger partial charge in [-0.05, 0) is 22.9 Å². The number of alkyl halides is 6. The number of nitrogens with zero attached hydrogens (tertiary/aromatic N) is 1. The largest absolute Gasteiger partial charge is 0.521 e. The van der Waals surface area contributed by atoms with Crippen LogP contribution in [-0.4, -0.2) is 16.1 Å². The minimum absolute atomic E-state index is 0. The van der Waals surface area contributed by atoms with Crippen LogP contribution in [0.2, 0.25) is 0 Å². The third-order valence-electron chi connectivity index (χ3n) is 3.38. The summed E-state index contributed by atoms with van der Waals surface area (Å²) in [5, 5.41) is 8.35. The van der Waals surface area contributed by atoms with E-state index in [1.54, 1.807) is 18.2 Å². The molecule has 161 valence electrons. The van der Waals surface area contributed by atoms with Crippen LogP contribution in [-0.2, 0) is 32.5 Å². The van der Waals surface area contributed by atoms with Gasteiger partial charge < -0.3 is 14.9 Å². The zero-order chi connectivity index (χ0) is 21.7. The number of rotatable bonds is 2. The summed E-state index contributed by atoms with van der Waals surface area (Å²) in [6.45, 7) is 0. The van der Waals surface area contributed by atoms with Gasteiger partial charge in [0.25, 0.3) is 0 Å². The predicted molar refractivity (Wildman–Crippen MR) is 90.8 cm³/mol. The van der Waals surface area contributed by atoms with Crippen molar-refractivity contribution in [2.45, 2.75) is 12.4 Å². The molecule has 1 heterocycles. The number of carboxylic acid groups (broad SMARTS) is 1. The van der Waals surface area contributed by atoms with E-state index in [0.717, 1.165) is 0 Å². The smallest absolute Gasteiger partial charge is 0.399 e. The van der Waals surface area contributed by atoms with Crippen LogP contribution < -0.4 is 0 Å². The molecule has 1 N–H and O–H groups in total. The summed E-state index contributed by atoms with van der Waals surface area (Å²) in [6, 6.07) is 15.9. The van der Waals surface area contributed by atoms with Crippen LogP contribution >= 0.6 is 0 Å². The Morgan fingerprint density at radius 3 is 2.03 bits per heavy atom. The molecule has 2 aromatic carbocycles. The molecular formula is C20H11F6IrNO2-2. The van der Waals surface area contributed by atoms with E-state index in [4.69, 9.17) is 5.11 Å². The molecule has 0 saturated carbocycles. The third-order valence-corrected chi connectivity index (χ3v) is 3.38. The maximum atomic E-state index is 12.7. The molecule has 3 aromatic rings. The summed E-state index contributed by atoms with van der Waals surface area (Å²) in [5.41, 5.74) is -3.02. The molecule has 0 aliphatic heterocycles. The monoisotopic (exact) mass is 604 g/mol. The predicted octanol–water partition coefficient (Wildman–Crippen LogP) is 5.77. The first kappa shape index (κ1) is 25.3. The fourth-order valence-corrected chi connectivity index (χ4v) is 2.07. The number of carboxylic acids is 1. The summed E-state index contributed by atoms with van der Waals surface area (Å²) in [7, 11) is 0. The molecule has 0 bridgehead atoms. The molecule has 1 radical (unpaired) electrons. The van der Waals surface area contributed by atoms with Crippen molar-refractivity contribution in [2.24, 2.45) is 0 Å². The summed E-state index contributed by atoms with van der Waals surface area (Å²) in [6.07, 6.45) is -8.51. The normalized spacial score (nSPS) is 11.0. The second kappa shape index (κ2) is 10.4. The van der Waals surface area contributed by atoms with Gasteiger partial charge in [-0.1, -0.05) is 17.7 Å². The Morgan fingerprint density at radius 1 is 0.933 bits per heavy atom. The fraction of sp³-hybridized carbons (Fsp3) is 0.100. The second-order valence-electron chi connectivity index (χ2n) is 5.49. The van der Waals surface area contributed by atoms with Gasteiger partial charge in [0.2, 0.25) is 5.97 Å². The molecule has 0 saturated heterocycles. The maximum Gasteiger partial charge on any atom is 0.399 e. The molecule has 0 atom stereocenters. The van der Waals surface area contributed by atoms with Crippen molar-refractivity contribution >= 4 is 5.97 Å². The molecule has 0 fully saturated rings. The first-order valence-electron chi connectivity index (χ1n) is 7.81. The molecule has 3 nitrogen and oxygen atoms in total.